The number of carbonyl (C=O) groups is 1. The van der Waals surface area contributed by atoms with Crippen LogP contribution in [0, 0.1) is 0 Å². The van der Waals surface area contributed by atoms with Gasteiger partial charge < -0.3 is 10.2 Å². The molecule has 1 heterocycles. The lowest BCUT2D eigenvalue weighted by Gasteiger charge is -2.33. The molecular formula is C13H13F3N2O3. The maximum Gasteiger partial charge on any atom is 0.438 e. The zero-order valence-corrected chi connectivity index (χ0v) is 11.0. The summed E-state index contributed by atoms with van der Waals surface area (Å²) in [7, 11) is 0. The molecule has 1 aromatic carbocycles. The van der Waals surface area contributed by atoms with E-state index in [2.05, 4.69) is 5.10 Å². The van der Waals surface area contributed by atoms with E-state index >= 15 is 0 Å². The lowest BCUT2D eigenvalue weighted by molar-refractivity contribution is -0.303. The molecule has 5 nitrogen and oxygen atoms in total. The smallest absolute Gasteiger partial charge is 0.378 e. The molecule has 2 rings (SSSR count). The minimum absolute atomic E-state index is 0.0524. The van der Waals surface area contributed by atoms with Crippen molar-refractivity contribution in [2.75, 3.05) is 0 Å². The van der Waals surface area contributed by atoms with Gasteiger partial charge in [-0.05, 0) is 12.5 Å². The summed E-state index contributed by atoms with van der Waals surface area (Å²) >= 11 is 0. The van der Waals surface area contributed by atoms with Crippen molar-refractivity contribution in [3.8, 4) is 0 Å². The molecule has 0 unspecified atom stereocenters. The molecule has 1 aliphatic heterocycles. The van der Waals surface area contributed by atoms with Crippen LogP contribution in [0.4, 0.5) is 13.2 Å². The van der Waals surface area contributed by atoms with Crippen molar-refractivity contribution in [3.05, 3.63) is 35.9 Å². The second-order valence-electron chi connectivity index (χ2n) is 4.79. The summed E-state index contributed by atoms with van der Waals surface area (Å²) in [5.41, 5.74) is -3.36. The molecule has 21 heavy (non-hydrogen) atoms. The van der Waals surface area contributed by atoms with Gasteiger partial charge in [-0.25, -0.2) is 0 Å². The number of alkyl halides is 3. The van der Waals surface area contributed by atoms with Crippen LogP contribution in [0.2, 0.25) is 0 Å². The van der Waals surface area contributed by atoms with Crippen LogP contribution in [0.5, 0.6) is 0 Å². The highest BCUT2D eigenvalue weighted by Crippen LogP contribution is 2.41. The monoisotopic (exact) mass is 302 g/mol. The molecule has 114 valence electrons. The van der Waals surface area contributed by atoms with Crippen LogP contribution in [0.15, 0.2) is 35.4 Å². The zero-order chi connectivity index (χ0) is 15.8. The second kappa shape index (κ2) is 5.12. The van der Waals surface area contributed by atoms with E-state index in [0.717, 1.165) is 0 Å². The van der Waals surface area contributed by atoms with Crippen LogP contribution in [-0.2, 0) is 4.79 Å². The van der Waals surface area contributed by atoms with Crippen LogP contribution in [0.3, 0.4) is 0 Å². The Labute approximate surface area is 118 Å². The van der Waals surface area contributed by atoms with Gasteiger partial charge in [-0.3, -0.25) is 4.79 Å². The van der Waals surface area contributed by atoms with Crippen molar-refractivity contribution in [2.45, 2.75) is 31.3 Å². The highest BCUT2D eigenvalue weighted by Gasteiger charge is 2.63. The third-order valence-electron chi connectivity index (χ3n) is 3.14. The van der Waals surface area contributed by atoms with Crippen LogP contribution in [-0.4, -0.2) is 38.7 Å². The van der Waals surface area contributed by atoms with Gasteiger partial charge in [-0.2, -0.15) is 23.3 Å². The first kappa shape index (κ1) is 15.5. The Morgan fingerprint density at radius 3 is 2.48 bits per heavy atom. The van der Waals surface area contributed by atoms with Crippen LogP contribution in [0.1, 0.15) is 25.0 Å². The fourth-order valence-corrected chi connectivity index (χ4v) is 2.07. The normalized spacial score (nSPS) is 23.9. The minimum Gasteiger partial charge on any atom is -0.378 e. The van der Waals surface area contributed by atoms with Crippen molar-refractivity contribution in [1.82, 2.24) is 5.01 Å². The molecule has 1 aromatic rings. The van der Waals surface area contributed by atoms with E-state index in [0.29, 0.717) is 0 Å². The number of nitrogens with zero attached hydrogens (tertiary/aromatic N) is 2. The molecule has 0 aliphatic carbocycles. The molecule has 1 aliphatic rings. The predicted molar refractivity (Wildman–Crippen MR) is 67.0 cm³/mol. The van der Waals surface area contributed by atoms with Gasteiger partial charge in [-0.15, -0.1) is 0 Å². The molecule has 2 N–H and O–H groups in total. The number of carbonyl (C=O) groups excluding carboxylic acids is 1. The van der Waals surface area contributed by atoms with Gasteiger partial charge in [0.25, 0.3) is 11.6 Å². The third-order valence-corrected chi connectivity index (χ3v) is 3.14. The first-order valence-corrected chi connectivity index (χ1v) is 6.07. The Balaban J connectivity index is 2.33. The number of hydrazone groups is 1. The zero-order valence-electron chi connectivity index (χ0n) is 11.0. The average Bonchev–Trinajstić information content (AvgIpc) is 2.74. The van der Waals surface area contributed by atoms with E-state index < -0.39 is 30.3 Å². The highest BCUT2D eigenvalue weighted by atomic mass is 19.4. The van der Waals surface area contributed by atoms with Gasteiger partial charge in [0.05, 0.1) is 0 Å². The number of aliphatic hydroxyl groups is 2. The van der Waals surface area contributed by atoms with Crippen molar-refractivity contribution < 1.29 is 28.2 Å². The number of amides is 1. The van der Waals surface area contributed by atoms with Gasteiger partial charge in [0.1, 0.15) is 0 Å². The molecule has 0 radical (unpaired) electrons. The Morgan fingerprint density at radius 1 is 1.38 bits per heavy atom. The second-order valence-corrected chi connectivity index (χ2v) is 4.79. The number of hydrogen-bond acceptors (Lipinski definition) is 4. The lowest BCUT2D eigenvalue weighted by atomic mass is 10.0. The fraction of sp³-hybridized carbons (Fsp3) is 0.385. The summed E-state index contributed by atoms with van der Waals surface area (Å²) < 4.78 is 39.0. The lowest BCUT2D eigenvalue weighted by Crippen LogP contribution is -2.57. The summed E-state index contributed by atoms with van der Waals surface area (Å²) in [4.78, 5) is 12.1. The average molecular weight is 302 g/mol. The van der Waals surface area contributed by atoms with E-state index in [4.69, 9.17) is 0 Å². The standard InChI is InChI=1S/C13H13F3N2O3/c1-8-7-12(21,13(14,15)16)18(17-8)11(20)10(19)9-5-3-2-4-6-9/h2-6,10,19,21H,7H2,1H3/t10-,12+/m0/s1. The first-order valence-electron chi connectivity index (χ1n) is 6.07. The van der Waals surface area contributed by atoms with Gasteiger partial charge in [-0.1, -0.05) is 30.3 Å². The molecule has 0 spiro atoms. The summed E-state index contributed by atoms with van der Waals surface area (Å²) in [6.07, 6.45) is -7.76. The number of aliphatic hydroxyl groups excluding tert-OH is 1. The molecule has 8 heteroatoms. The van der Waals surface area contributed by atoms with Crippen LogP contribution in [0.25, 0.3) is 0 Å². The predicted octanol–water partition coefficient (Wildman–Crippen LogP) is 1.58. The molecule has 0 fully saturated rings. The molecule has 1 amide bonds. The molecule has 0 aromatic heterocycles. The largest absolute Gasteiger partial charge is 0.438 e. The molecule has 0 saturated heterocycles. The van der Waals surface area contributed by atoms with E-state index in [1.807, 2.05) is 0 Å². The maximum atomic E-state index is 13.0. The fourth-order valence-electron chi connectivity index (χ4n) is 2.07. The van der Waals surface area contributed by atoms with Gasteiger partial charge in [0, 0.05) is 12.1 Å². The van der Waals surface area contributed by atoms with E-state index in [9.17, 15) is 28.2 Å². The Hall–Kier alpha value is -1.93. The van der Waals surface area contributed by atoms with Crippen molar-refractivity contribution in [1.29, 1.82) is 0 Å². The Morgan fingerprint density at radius 2 is 1.95 bits per heavy atom. The van der Waals surface area contributed by atoms with Crippen molar-refractivity contribution in [2.24, 2.45) is 5.10 Å². The Kier molecular flexibility index (Phi) is 3.77. The van der Waals surface area contributed by atoms with Crippen LogP contribution >= 0.6 is 0 Å². The number of hydrogen-bond donors (Lipinski definition) is 2. The summed E-state index contributed by atoms with van der Waals surface area (Å²) in [6, 6.07) is 7.47. The molecular weight excluding hydrogens is 289 g/mol. The summed E-state index contributed by atoms with van der Waals surface area (Å²) in [5, 5.41) is 23.0. The van der Waals surface area contributed by atoms with Gasteiger partial charge in [0.2, 0.25) is 0 Å². The SMILES string of the molecule is CC1=NN(C(=O)[C@@H](O)c2ccccc2)[C@](O)(C(F)(F)F)C1. The number of halogens is 3. The topological polar surface area (TPSA) is 73.1 Å². The minimum atomic E-state index is -5.08. The van der Waals surface area contributed by atoms with Crippen molar-refractivity contribution in [3.63, 3.8) is 0 Å². The van der Waals surface area contributed by atoms with Gasteiger partial charge in [0.15, 0.2) is 6.10 Å². The highest BCUT2D eigenvalue weighted by molar-refractivity contribution is 5.90. The molecule has 0 saturated carbocycles. The van der Waals surface area contributed by atoms with Crippen molar-refractivity contribution >= 4 is 11.6 Å². The van der Waals surface area contributed by atoms with E-state index in [-0.39, 0.29) is 16.3 Å². The van der Waals surface area contributed by atoms with Gasteiger partial charge >= 0.3 is 6.18 Å². The third kappa shape index (κ3) is 2.64. The quantitative estimate of drug-likeness (QED) is 0.871. The van der Waals surface area contributed by atoms with E-state index in [1.54, 1.807) is 6.07 Å². The Bertz CT molecular complexity index is 574. The molecule has 0 bridgehead atoms. The number of benzene rings is 1. The summed E-state index contributed by atoms with van der Waals surface area (Å²) in [5.74, 6) is -1.34. The summed E-state index contributed by atoms with van der Waals surface area (Å²) in [6.45, 7) is 1.26. The first-order chi connectivity index (χ1) is 9.67. The van der Waals surface area contributed by atoms with E-state index in [1.165, 1.54) is 31.2 Å². The molecule has 2 atom stereocenters. The maximum absolute atomic E-state index is 13.0. The number of rotatable bonds is 2. The van der Waals surface area contributed by atoms with Crippen LogP contribution < -0.4 is 0 Å².